The van der Waals surface area contributed by atoms with Crippen molar-refractivity contribution in [2.45, 2.75) is 25.6 Å². The Bertz CT molecular complexity index is 151. The second-order valence-corrected chi connectivity index (χ2v) is 3.50. The second kappa shape index (κ2) is 3.73. The quantitative estimate of drug-likeness (QED) is 0.573. The van der Waals surface area contributed by atoms with E-state index in [-0.39, 0.29) is 0 Å². The van der Waals surface area contributed by atoms with Gasteiger partial charge in [-0.15, -0.1) is 0 Å². The number of hydrogen-bond donors (Lipinski definition) is 0. The van der Waals surface area contributed by atoms with Crippen molar-refractivity contribution in [2.24, 2.45) is 0 Å². The van der Waals surface area contributed by atoms with Crippen LogP contribution in [0.15, 0.2) is 0 Å². The van der Waals surface area contributed by atoms with Gasteiger partial charge in [0.2, 0.25) is 0 Å². The molecule has 0 aromatic heterocycles. The molecule has 2 saturated heterocycles. The predicted octanol–water partition coefficient (Wildman–Crippen LogP) is 0.496. The molecule has 2 fully saturated rings. The Balaban J connectivity index is 1.90. The first-order chi connectivity index (χ1) is 5.90. The van der Waals surface area contributed by atoms with Gasteiger partial charge >= 0.3 is 0 Å². The second-order valence-electron chi connectivity index (χ2n) is 3.50. The van der Waals surface area contributed by atoms with Gasteiger partial charge in [0.15, 0.2) is 0 Å². The molecule has 2 rings (SSSR count). The molecule has 0 bridgehead atoms. The third-order valence-corrected chi connectivity index (χ3v) is 2.78. The Kier molecular flexibility index (Phi) is 2.63. The zero-order valence-electron chi connectivity index (χ0n) is 7.66. The molecule has 12 heavy (non-hydrogen) atoms. The lowest BCUT2D eigenvalue weighted by atomic mass is 10.0. The molecular weight excluding hydrogens is 154 g/mol. The van der Waals surface area contributed by atoms with Gasteiger partial charge in [-0.1, -0.05) is 6.92 Å². The highest BCUT2D eigenvalue weighted by atomic mass is 16.6. The molecule has 2 unspecified atom stereocenters. The fourth-order valence-corrected chi connectivity index (χ4v) is 2.00. The first kappa shape index (κ1) is 8.48. The van der Waals surface area contributed by atoms with E-state index in [9.17, 15) is 0 Å². The van der Waals surface area contributed by atoms with Crippen molar-refractivity contribution in [1.29, 1.82) is 0 Å². The smallest absolute Gasteiger partial charge is 0.0964 e. The van der Waals surface area contributed by atoms with Crippen LogP contribution >= 0.6 is 0 Å². The molecule has 0 aromatic carbocycles. The van der Waals surface area contributed by atoms with Crippen molar-refractivity contribution >= 4 is 0 Å². The van der Waals surface area contributed by atoms with Crippen molar-refractivity contribution in [3.05, 3.63) is 0 Å². The summed E-state index contributed by atoms with van der Waals surface area (Å²) in [7, 11) is 0. The standard InChI is InChI=1S/C9H17NO2/c1-2-10-4-3-8-9(7-10)12-6-5-11-8/h8-9H,2-7H2,1H3. The summed E-state index contributed by atoms with van der Waals surface area (Å²) < 4.78 is 11.3. The maximum Gasteiger partial charge on any atom is 0.0964 e. The van der Waals surface area contributed by atoms with Gasteiger partial charge in [0, 0.05) is 13.1 Å². The monoisotopic (exact) mass is 171 g/mol. The summed E-state index contributed by atoms with van der Waals surface area (Å²) in [6.45, 7) is 7.12. The van der Waals surface area contributed by atoms with Gasteiger partial charge in [0.05, 0.1) is 25.4 Å². The number of fused-ring (bicyclic) bond motifs is 1. The Labute approximate surface area is 73.6 Å². The van der Waals surface area contributed by atoms with E-state index in [2.05, 4.69) is 11.8 Å². The summed E-state index contributed by atoms with van der Waals surface area (Å²) in [5.41, 5.74) is 0. The minimum absolute atomic E-state index is 0.340. The van der Waals surface area contributed by atoms with Crippen molar-refractivity contribution in [2.75, 3.05) is 32.8 Å². The van der Waals surface area contributed by atoms with Crippen LogP contribution in [0, 0.1) is 0 Å². The molecule has 0 radical (unpaired) electrons. The van der Waals surface area contributed by atoms with Crippen molar-refractivity contribution in [1.82, 2.24) is 4.90 Å². The van der Waals surface area contributed by atoms with Crippen molar-refractivity contribution in [3.63, 3.8) is 0 Å². The molecule has 0 spiro atoms. The Morgan fingerprint density at radius 3 is 2.75 bits per heavy atom. The van der Waals surface area contributed by atoms with Gasteiger partial charge in [-0.05, 0) is 13.0 Å². The molecule has 2 atom stereocenters. The molecular formula is C9H17NO2. The third-order valence-electron chi connectivity index (χ3n) is 2.78. The van der Waals surface area contributed by atoms with Crippen LogP contribution in [0.5, 0.6) is 0 Å². The number of likely N-dealkylation sites (N-methyl/N-ethyl adjacent to an activating group) is 1. The molecule has 0 aliphatic carbocycles. The van der Waals surface area contributed by atoms with Crippen LogP contribution in [0.4, 0.5) is 0 Å². The van der Waals surface area contributed by atoms with Crippen LogP contribution < -0.4 is 0 Å². The zero-order chi connectivity index (χ0) is 8.39. The summed E-state index contributed by atoms with van der Waals surface area (Å²) in [5.74, 6) is 0. The molecule has 0 N–H and O–H groups in total. The van der Waals surface area contributed by atoms with Gasteiger partial charge in [-0.25, -0.2) is 0 Å². The molecule has 70 valence electrons. The van der Waals surface area contributed by atoms with Gasteiger partial charge in [-0.3, -0.25) is 0 Å². The molecule has 0 amide bonds. The van der Waals surface area contributed by atoms with Crippen LogP contribution in [0.25, 0.3) is 0 Å². The van der Waals surface area contributed by atoms with Crippen LogP contribution in [0.3, 0.4) is 0 Å². The Morgan fingerprint density at radius 1 is 1.25 bits per heavy atom. The normalized spacial score (nSPS) is 37.8. The van der Waals surface area contributed by atoms with E-state index in [1.54, 1.807) is 0 Å². The molecule has 3 heteroatoms. The van der Waals surface area contributed by atoms with E-state index >= 15 is 0 Å². The van der Waals surface area contributed by atoms with E-state index in [1.807, 2.05) is 0 Å². The molecule has 0 aromatic rings. The summed E-state index contributed by atoms with van der Waals surface area (Å²) in [6, 6.07) is 0. The Morgan fingerprint density at radius 2 is 2.00 bits per heavy atom. The van der Waals surface area contributed by atoms with E-state index in [0.717, 1.165) is 32.7 Å². The molecule has 3 nitrogen and oxygen atoms in total. The maximum atomic E-state index is 5.65. The first-order valence-corrected chi connectivity index (χ1v) is 4.85. The van der Waals surface area contributed by atoms with Crippen LogP contribution in [0.1, 0.15) is 13.3 Å². The summed E-state index contributed by atoms with van der Waals surface area (Å²) in [6.07, 6.45) is 1.85. The van der Waals surface area contributed by atoms with Crippen LogP contribution in [-0.2, 0) is 9.47 Å². The SMILES string of the molecule is CCN1CCC2OCCOC2C1. The number of nitrogens with zero attached hydrogens (tertiary/aromatic N) is 1. The number of piperidine rings is 1. The largest absolute Gasteiger partial charge is 0.373 e. The molecule has 2 aliphatic rings. The van der Waals surface area contributed by atoms with Gasteiger partial charge in [0.25, 0.3) is 0 Å². The molecule has 0 saturated carbocycles. The zero-order valence-corrected chi connectivity index (χ0v) is 7.66. The number of likely N-dealkylation sites (tertiary alicyclic amines) is 1. The summed E-state index contributed by atoms with van der Waals surface area (Å²) in [5, 5.41) is 0. The fraction of sp³-hybridized carbons (Fsp3) is 1.00. The van der Waals surface area contributed by atoms with Crippen LogP contribution in [0.2, 0.25) is 0 Å². The van der Waals surface area contributed by atoms with E-state index in [0.29, 0.717) is 12.2 Å². The van der Waals surface area contributed by atoms with E-state index in [4.69, 9.17) is 9.47 Å². The van der Waals surface area contributed by atoms with E-state index < -0.39 is 0 Å². The average molecular weight is 171 g/mol. The topological polar surface area (TPSA) is 21.7 Å². The van der Waals surface area contributed by atoms with Gasteiger partial charge in [-0.2, -0.15) is 0 Å². The van der Waals surface area contributed by atoms with Crippen LogP contribution in [-0.4, -0.2) is 50.0 Å². The van der Waals surface area contributed by atoms with E-state index in [1.165, 1.54) is 6.54 Å². The number of ether oxygens (including phenoxy) is 2. The highest BCUT2D eigenvalue weighted by Gasteiger charge is 2.32. The number of hydrogen-bond acceptors (Lipinski definition) is 3. The molecule has 2 aliphatic heterocycles. The van der Waals surface area contributed by atoms with Crippen molar-refractivity contribution in [3.8, 4) is 0 Å². The fourth-order valence-electron chi connectivity index (χ4n) is 2.00. The summed E-state index contributed by atoms with van der Waals surface area (Å²) >= 11 is 0. The van der Waals surface area contributed by atoms with Crippen molar-refractivity contribution < 1.29 is 9.47 Å². The average Bonchev–Trinajstić information content (AvgIpc) is 2.17. The van der Waals surface area contributed by atoms with Gasteiger partial charge < -0.3 is 14.4 Å². The summed E-state index contributed by atoms with van der Waals surface area (Å²) in [4.78, 5) is 2.43. The lowest BCUT2D eigenvalue weighted by Crippen LogP contribution is -2.51. The minimum Gasteiger partial charge on any atom is -0.373 e. The lowest BCUT2D eigenvalue weighted by molar-refractivity contribution is -0.164. The third kappa shape index (κ3) is 1.63. The highest BCUT2D eigenvalue weighted by molar-refractivity contribution is 4.83. The minimum atomic E-state index is 0.340. The lowest BCUT2D eigenvalue weighted by Gasteiger charge is -2.40. The van der Waals surface area contributed by atoms with Gasteiger partial charge in [0.1, 0.15) is 0 Å². The Hall–Kier alpha value is -0.120. The predicted molar refractivity (Wildman–Crippen MR) is 46.2 cm³/mol. The highest BCUT2D eigenvalue weighted by Crippen LogP contribution is 2.19. The number of rotatable bonds is 1. The maximum absolute atomic E-state index is 5.65. The first-order valence-electron chi connectivity index (χ1n) is 4.85. The molecule has 2 heterocycles.